The van der Waals surface area contributed by atoms with Gasteiger partial charge in [-0.3, -0.25) is 4.79 Å². The molecule has 0 radical (unpaired) electrons. The fourth-order valence-electron chi connectivity index (χ4n) is 2.89. The fraction of sp³-hybridized carbons (Fsp3) is 0.263. The van der Waals surface area contributed by atoms with Crippen molar-refractivity contribution in [2.45, 2.75) is 25.5 Å². The molecule has 1 aliphatic rings. The second-order valence-corrected chi connectivity index (χ2v) is 5.80. The van der Waals surface area contributed by atoms with Crippen LogP contribution in [0.2, 0.25) is 0 Å². The van der Waals surface area contributed by atoms with Crippen LogP contribution in [-0.2, 0) is 29.0 Å². The molecule has 0 saturated carbocycles. The third-order valence-corrected chi connectivity index (χ3v) is 4.17. The normalized spacial score (nSPS) is 14.5. The lowest BCUT2D eigenvalue weighted by molar-refractivity contribution is -0.139. The van der Waals surface area contributed by atoms with Crippen molar-refractivity contribution in [2.24, 2.45) is 0 Å². The first-order valence-electron chi connectivity index (χ1n) is 7.91. The van der Waals surface area contributed by atoms with Crippen LogP contribution in [0.5, 0.6) is 0 Å². The van der Waals surface area contributed by atoms with Crippen molar-refractivity contribution in [3.05, 3.63) is 70.8 Å². The van der Waals surface area contributed by atoms with Crippen LogP contribution in [-0.4, -0.2) is 29.6 Å². The van der Waals surface area contributed by atoms with Crippen molar-refractivity contribution in [1.29, 1.82) is 0 Å². The third kappa shape index (κ3) is 3.63. The van der Waals surface area contributed by atoms with Gasteiger partial charge in [-0.15, -0.1) is 0 Å². The van der Waals surface area contributed by atoms with Crippen LogP contribution < -0.4 is 5.32 Å². The number of ether oxygens (including phenoxy) is 1. The summed E-state index contributed by atoms with van der Waals surface area (Å²) in [5.74, 6) is -1.42. The van der Waals surface area contributed by atoms with E-state index in [9.17, 15) is 14.7 Å². The zero-order chi connectivity index (χ0) is 16.9. The summed E-state index contributed by atoms with van der Waals surface area (Å²) in [4.78, 5) is 24.1. The highest BCUT2D eigenvalue weighted by Gasteiger charge is 2.24. The molecule has 0 spiro atoms. The average Bonchev–Trinajstić information content (AvgIpc) is 2.61. The lowest BCUT2D eigenvalue weighted by Crippen LogP contribution is -2.42. The van der Waals surface area contributed by atoms with E-state index in [4.69, 9.17) is 4.74 Å². The summed E-state index contributed by atoms with van der Waals surface area (Å²) in [5, 5.41) is 12.1. The van der Waals surface area contributed by atoms with Crippen molar-refractivity contribution in [2.75, 3.05) is 6.61 Å². The van der Waals surface area contributed by atoms with Crippen LogP contribution in [0.3, 0.4) is 0 Å². The van der Waals surface area contributed by atoms with Gasteiger partial charge < -0.3 is 15.2 Å². The number of carboxylic acids is 1. The van der Waals surface area contributed by atoms with Crippen molar-refractivity contribution in [3.63, 3.8) is 0 Å². The Morgan fingerprint density at radius 1 is 1.12 bits per heavy atom. The minimum Gasteiger partial charge on any atom is -0.480 e. The summed E-state index contributed by atoms with van der Waals surface area (Å²) in [6, 6.07) is 13.8. The standard InChI is InChI=1S/C19H19NO4/c21-18(15-8-4-7-14-9-10-24-12-16(14)15)20-17(19(22)23)11-13-5-2-1-3-6-13/h1-8,17H,9-12H2,(H,20,21)(H,22,23)/t17-/m1/s1. The Morgan fingerprint density at radius 2 is 1.92 bits per heavy atom. The van der Waals surface area contributed by atoms with Crippen molar-refractivity contribution >= 4 is 11.9 Å². The molecule has 0 aliphatic carbocycles. The van der Waals surface area contributed by atoms with Gasteiger partial charge in [-0.1, -0.05) is 42.5 Å². The van der Waals surface area contributed by atoms with Crippen LogP contribution in [0.15, 0.2) is 48.5 Å². The van der Waals surface area contributed by atoms with E-state index in [2.05, 4.69) is 5.32 Å². The first kappa shape index (κ1) is 16.2. The van der Waals surface area contributed by atoms with Gasteiger partial charge in [-0.25, -0.2) is 4.79 Å². The Hall–Kier alpha value is -2.66. The number of benzene rings is 2. The quantitative estimate of drug-likeness (QED) is 0.883. The molecule has 5 heteroatoms. The summed E-state index contributed by atoms with van der Waals surface area (Å²) in [5.41, 5.74) is 3.30. The van der Waals surface area contributed by atoms with Crippen molar-refractivity contribution < 1.29 is 19.4 Å². The highest BCUT2D eigenvalue weighted by atomic mass is 16.5. The molecule has 0 bridgehead atoms. The van der Waals surface area contributed by atoms with Gasteiger partial charge in [0.05, 0.1) is 13.2 Å². The Bertz CT molecular complexity index is 742. The number of amides is 1. The molecular formula is C19H19NO4. The molecule has 0 unspecified atom stereocenters. The van der Waals surface area contributed by atoms with Crippen LogP contribution in [0.1, 0.15) is 27.0 Å². The van der Waals surface area contributed by atoms with Crippen molar-refractivity contribution in [3.8, 4) is 0 Å². The molecule has 0 fully saturated rings. The molecule has 2 aromatic rings. The minimum atomic E-state index is -1.05. The van der Waals surface area contributed by atoms with E-state index in [1.165, 1.54) is 0 Å². The number of hydrogen-bond donors (Lipinski definition) is 2. The molecule has 124 valence electrons. The number of hydrogen-bond acceptors (Lipinski definition) is 3. The van der Waals surface area contributed by atoms with Crippen LogP contribution in [0, 0.1) is 0 Å². The number of nitrogens with one attached hydrogen (secondary N) is 1. The molecule has 1 heterocycles. The summed E-state index contributed by atoms with van der Waals surface area (Å²) in [7, 11) is 0. The zero-order valence-corrected chi connectivity index (χ0v) is 13.2. The topological polar surface area (TPSA) is 75.6 Å². The third-order valence-electron chi connectivity index (χ3n) is 4.17. The van der Waals surface area contributed by atoms with Gasteiger partial charge in [-0.2, -0.15) is 0 Å². The molecule has 1 amide bonds. The Labute approximate surface area is 140 Å². The van der Waals surface area contributed by atoms with Gasteiger partial charge in [0.15, 0.2) is 0 Å². The monoisotopic (exact) mass is 325 g/mol. The molecule has 5 nitrogen and oxygen atoms in total. The van der Waals surface area contributed by atoms with Gasteiger partial charge in [0.1, 0.15) is 6.04 Å². The maximum Gasteiger partial charge on any atom is 0.326 e. The van der Waals surface area contributed by atoms with Crippen molar-refractivity contribution in [1.82, 2.24) is 5.32 Å². The highest BCUT2D eigenvalue weighted by Crippen LogP contribution is 2.21. The average molecular weight is 325 g/mol. The minimum absolute atomic E-state index is 0.243. The maximum absolute atomic E-state index is 12.6. The predicted octanol–water partition coefficient (Wildman–Crippen LogP) is 2.19. The molecule has 3 rings (SSSR count). The van der Waals surface area contributed by atoms with Gasteiger partial charge in [-0.05, 0) is 29.2 Å². The molecule has 1 atom stereocenters. The number of carbonyl (C=O) groups excluding carboxylic acids is 1. The van der Waals surface area contributed by atoms with E-state index in [-0.39, 0.29) is 12.3 Å². The Kier molecular flexibility index (Phi) is 4.91. The van der Waals surface area contributed by atoms with Crippen LogP contribution >= 0.6 is 0 Å². The second kappa shape index (κ2) is 7.27. The predicted molar refractivity (Wildman–Crippen MR) is 88.8 cm³/mol. The molecule has 2 N–H and O–H groups in total. The number of carbonyl (C=O) groups is 2. The molecule has 0 saturated heterocycles. The lowest BCUT2D eigenvalue weighted by Gasteiger charge is -2.21. The summed E-state index contributed by atoms with van der Waals surface area (Å²) >= 11 is 0. The first-order valence-corrected chi connectivity index (χ1v) is 7.91. The van der Waals surface area contributed by atoms with E-state index >= 15 is 0 Å². The smallest absolute Gasteiger partial charge is 0.326 e. The zero-order valence-electron chi connectivity index (χ0n) is 13.2. The van der Waals surface area contributed by atoms with Crippen LogP contribution in [0.25, 0.3) is 0 Å². The molecule has 0 aromatic heterocycles. The number of rotatable bonds is 5. The van der Waals surface area contributed by atoms with Gasteiger partial charge >= 0.3 is 5.97 Å². The highest BCUT2D eigenvalue weighted by molar-refractivity contribution is 5.98. The van der Waals surface area contributed by atoms with E-state index in [0.717, 1.165) is 23.1 Å². The van der Waals surface area contributed by atoms with Crippen LogP contribution in [0.4, 0.5) is 0 Å². The second-order valence-electron chi connectivity index (χ2n) is 5.80. The van der Waals surface area contributed by atoms with Gasteiger partial charge in [0, 0.05) is 12.0 Å². The van der Waals surface area contributed by atoms with E-state index < -0.39 is 12.0 Å². The maximum atomic E-state index is 12.6. The number of carboxylic acid groups (broad SMARTS) is 1. The molecular weight excluding hydrogens is 306 g/mol. The Balaban J connectivity index is 1.78. The first-order chi connectivity index (χ1) is 11.6. The molecule has 2 aromatic carbocycles. The lowest BCUT2D eigenvalue weighted by atomic mass is 9.97. The fourth-order valence-corrected chi connectivity index (χ4v) is 2.89. The van der Waals surface area contributed by atoms with Gasteiger partial charge in [0.2, 0.25) is 0 Å². The summed E-state index contributed by atoms with van der Waals surface area (Å²) < 4.78 is 5.44. The van der Waals surface area contributed by atoms with E-state index in [1.807, 2.05) is 42.5 Å². The van der Waals surface area contributed by atoms with Gasteiger partial charge in [0.25, 0.3) is 5.91 Å². The number of fused-ring (bicyclic) bond motifs is 1. The Morgan fingerprint density at radius 3 is 2.67 bits per heavy atom. The summed E-state index contributed by atoms with van der Waals surface area (Å²) in [6.45, 7) is 1.03. The summed E-state index contributed by atoms with van der Waals surface area (Å²) in [6.07, 6.45) is 1.01. The molecule has 1 aliphatic heterocycles. The van der Waals surface area contributed by atoms with E-state index in [1.54, 1.807) is 6.07 Å². The molecule has 24 heavy (non-hydrogen) atoms. The SMILES string of the molecule is O=C(N[C@H](Cc1ccccc1)C(=O)O)c1cccc2c1COCC2. The number of aliphatic carboxylic acids is 1. The largest absolute Gasteiger partial charge is 0.480 e. The van der Waals surface area contributed by atoms with E-state index in [0.29, 0.717) is 18.8 Å².